The lowest BCUT2D eigenvalue weighted by atomic mass is 10.1. The van der Waals surface area contributed by atoms with Crippen LogP contribution < -0.4 is 10.9 Å². The van der Waals surface area contributed by atoms with Gasteiger partial charge in [-0.05, 0) is 50.2 Å². The van der Waals surface area contributed by atoms with E-state index < -0.39 is 23.6 Å². The fraction of sp³-hybridized carbons (Fsp3) is 0.143. The highest BCUT2D eigenvalue weighted by molar-refractivity contribution is 5.99. The molecule has 3 rings (SSSR count). The number of Topliss-reactive ketones (excluding diaryl/α,β-unsaturated/α-hetero) is 1. The van der Waals surface area contributed by atoms with E-state index in [1.54, 1.807) is 48.5 Å². The summed E-state index contributed by atoms with van der Waals surface area (Å²) in [4.78, 5) is 47.8. The average molecular weight is 379 g/mol. The number of rotatable bonds is 5. The number of anilines is 1. The maximum Gasteiger partial charge on any atom is 0.351 e. The maximum absolute atomic E-state index is 12.3. The van der Waals surface area contributed by atoms with E-state index in [0.717, 1.165) is 0 Å². The molecule has 1 atom stereocenters. The second-order valence-corrected chi connectivity index (χ2v) is 6.16. The van der Waals surface area contributed by atoms with Gasteiger partial charge in [-0.1, -0.05) is 18.2 Å². The van der Waals surface area contributed by atoms with Gasteiger partial charge < -0.3 is 14.5 Å². The Morgan fingerprint density at radius 1 is 1.04 bits per heavy atom. The number of ether oxygens (including phenoxy) is 1. The molecule has 1 amide bonds. The van der Waals surface area contributed by atoms with Gasteiger partial charge in [0.2, 0.25) is 0 Å². The summed E-state index contributed by atoms with van der Waals surface area (Å²) in [7, 11) is 0. The van der Waals surface area contributed by atoms with Gasteiger partial charge in [0.1, 0.15) is 11.1 Å². The van der Waals surface area contributed by atoms with Crippen molar-refractivity contribution >= 4 is 34.3 Å². The number of amides is 1. The van der Waals surface area contributed by atoms with Crippen LogP contribution in [0, 0.1) is 0 Å². The van der Waals surface area contributed by atoms with Crippen molar-refractivity contribution in [1.29, 1.82) is 0 Å². The highest BCUT2D eigenvalue weighted by Crippen LogP contribution is 2.14. The van der Waals surface area contributed by atoms with Crippen LogP contribution in [0.4, 0.5) is 5.69 Å². The van der Waals surface area contributed by atoms with E-state index in [1.807, 2.05) is 0 Å². The van der Waals surface area contributed by atoms with Crippen LogP contribution in [0.3, 0.4) is 0 Å². The van der Waals surface area contributed by atoms with Gasteiger partial charge >= 0.3 is 11.6 Å². The van der Waals surface area contributed by atoms with Crippen molar-refractivity contribution in [3.8, 4) is 0 Å². The first kappa shape index (κ1) is 19.0. The minimum Gasteiger partial charge on any atom is -0.449 e. The second kappa shape index (κ2) is 7.87. The molecular weight excluding hydrogens is 362 g/mol. The predicted octanol–water partition coefficient (Wildman–Crippen LogP) is 3.18. The number of fused-ring (bicyclic) bond motifs is 1. The van der Waals surface area contributed by atoms with Crippen LogP contribution in [0.1, 0.15) is 34.6 Å². The van der Waals surface area contributed by atoms with Gasteiger partial charge in [0, 0.05) is 16.6 Å². The second-order valence-electron chi connectivity index (χ2n) is 6.16. The van der Waals surface area contributed by atoms with E-state index in [2.05, 4.69) is 5.32 Å². The monoisotopic (exact) mass is 379 g/mol. The standard InChI is InChI=1S/C21H17NO6/c1-12(23)14-7-9-16(10-8-14)22-19(24)13(2)27-20(25)17-11-15-5-3-4-6-18(15)28-21(17)26/h3-11,13H,1-2H3,(H,22,24)/t13-/m1/s1. The van der Waals surface area contributed by atoms with Gasteiger partial charge in [0.05, 0.1) is 0 Å². The quantitative estimate of drug-likeness (QED) is 0.415. The van der Waals surface area contributed by atoms with Gasteiger partial charge in [-0.2, -0.15) is 0 Å². The molecule has 0 saturated carbocycles. The summed E-state index contributed by atoms with van der Waals surface area (Å²) < 4.78 is 10.2. The average Bonchev–Trinajstić information content (AvgIpc) is 2.67. The first-order valence-corrected chi connectivity index (χ1v) is 8.51. The molecule has 1 N–H and O–H groups in total. The molecule has 0 unspecified atom stereocenters. The highest BCUT2D eigenvalue weighted by atomic mass is 16.5. The SMILES string of the molecule is CC(=O)c1ccc(NC(=O)[C@@H](C)OC(=O)c2cc3ccccc3oc2=O)cc1. The Hall–Kier alpha value is -3.74. The predicted molar refractivity (Wildman–Crippen MR) is 102 cm³/mol. The van der Waals surface area contributed by atoms with Gasteiger partial charge in [-0.15, -0.1) is 0 Å². The molecule has 142 valence electrons. The van der Waals surface area contributed by atoms with Crippen LogP contribution in [0.15, 0.2) is 63.8 Å². The van der Waals surface area contributed by atoms with Crippen LogP contribution in [0.5, 0.6) is 0 Å². The van der Waals surface area contributed by atoms with E-state index in [0.29, 0.717) is 22.2 Å². The van der Waals surface area contributed by atoms with Crippen molar-refractivity contribution in [2.75, 3.05) is 5.32 Å². The number of ketones is 1. The maximum atomic E-state index is 12.3. The fourth-order valence-corrected chi connectivity index (χ4v) is 2.51. The van der Waals surface area contributed by atoms with Crippen LogP contribution in [-0.2, 0) is 9.53 Å². The molecular formula is C21H17NO6. The Morgan fingerprint density at radius 3 is 2.39 bits per heavy atom. The van der Waals surface area contributed by atoms with Crippen LogP contribution in [-0.4, -0.2) is 23.8 Å². The Kier molecular flexibility index (Phi) is 5.35. The number of carbonyl (C=O) groups excluding carboxylic acids is 3. The number of carbonyl (C=O) groups is 3. The number of nitrogens with one attached hydrogen (secondary N) is 1. The Labute approximate surface area is 159 Å². The van der Waals surface area contributed by atoms with E-state index in [4.69, 9.17) is 9.15 Å². The fourth-order valence-electron chi connectivity index (χ4n) is 2.51. The largest absolute Gasteiger partial charge is 0.449 e. The van der Waals surface area contributed by atoms with E-state index >= 15 is 0 Å². The molecule has 1 aromatic heterocycles. The Morgan fingerprint density at radius 2 is 1.71 bits per heavy atom. The molecule has 7 heteroatoms. The van der Waals surface area contributed by atoms with Crippen molar-refractivity contribution in [3.63, 3.8) is 0 Å². The lowest BCUT2D eigenvalue weighted by Crippen LogP contribution is -2.31. The lowest BCUT2D eigenvalue weighted by Gasteiger charge is -2.13. The third-order valence-corrected chi connectivity index (χ3v) is 4.07. The van der Waals surface area contributed by atoms with Crippen molar-refractivity contribution in [2.45, 2.75) is 20.0 Å². The summed E-state index contributed by atoms with van der Waals surface area (Å²) >= 11 is 0. The molecule has 0 bridgehead atoms. The third-order valence-electron chi connectivity index (χ3n) is 4.07. The highest BCUT2D eigenvalue weighted by Gasteiger charge is 2.22. The zero-order valence-corrected chi connectivity index (χ0v) is 15.2. The van der Waals surface area contributed by atoms with Crippen LogP contribution in [0.2, 0.25) is 0 Å². The smallest absolute Gasteiger partial charge is 0.351 e. The molecule has 0 fully saturated rings. The molecule has 0 aliphatic rings. The van der Waals surface area contributed by atoms with Gasteiger partial charge in [-0.25, -0.2) is 9.59 Å². The molecule has 0 saturated heterocycles. The first-order valence-electron chi connectivity index (χ1n) is 8.51. The van der Waals surface area contributed by atoms with Gasteiger partial charge in [-0.3, -0.25) is 9.59 Å². The molecule has 2 aromatic carbocycles. The molecule has 0 aliphatic carbocycles. The molecule has 0 radical (unpaired) electrons. The van der Waals surface area contributed by atoms with Crippen molar-refractivity contribution in [1.82, 2.24) is 0 Å². The molecule has 28 heavy (non-hydrogen) atoms. The summed E-state index contributed by atoms with van der Waals surface area (Å²) in [6.45, 7) is 2.83. The molecule has 3 aromatic rings. The van der Waals surface area contributed by atoms with Gasteiger partial charge in [0.15, 0.2) is 11.9 Å². The molecule has 7 nitrogen and oxygen atoms in total. The van der Waals surface area contributed by atoms with Crippen molar-refractivity contribution in [3.05, 3.63) is 76.1 Å². The first-order chi connectivity index (χ1) is 13.3. The topological polar surface area (TPSA) is 103 Å². The number of hydrogen-bond acceptors (Lipinski definition) is 6. The Bertz CT molecular complexity index is 1110. The summed E-state index contributed by atoms with van der Waals surface area (Å²) in [5.74, 6) is -1.61. The Balaban J connectivity index is 1.69. The molecule has 1 heterocycles. The van der Waals surface area contributed by atoms with Crippen molar-refractivity contribution < 1.29 is 23.5 Å². The van der Waals surface area contributed by atoms with E-state index in [9.17, 15) is 19.2 Å². The minimum absolute atomic E-state index is 0.0885. The molecule has 0 spiro atoms. The number of esters is 1. The van der Waals surface area contributed by atoms with Crippen LogP contribution >= 0.6 is 0 Å². The minimum atomic E-state index is -1.15. The van der Waals surface area contributed by atoms with E-state index in [1.165, 1.54) is 19.9 Å². The van der Waals surface area contributed by atoms with Crippen molar-refractivity contribution in [2.24, 2.45) is 0 Å². The summed E-state index contributed by atoms with van der Waals surface area (Å²) in [5, 5.41) is 3.15. The van der Waals surface area contributed by atoms with E-state index in [-0.39, 0.29) is 11.3 Å². The summed E-state index contributed by atoms with van der Waals surface area (Å²) in [6.07, 6.45) is -1.15. The number of hydrogen-bond donors (Lipinski definition) is 1. The molecule has 0 aliphatic heterocycles. The third kappa shape index (κ3) is 4.15. The zero-order chi connectivity index (χ0) is 20.3. The zero-order valence-electron chi connectivity index (χ0n) is 15.2. The van der Waals surface area contributed by atoms with Gasteiger partial charge in [0.25, 0.3) is 5.91 Å². The lowest BCUT2D eigenvalue weighted by molar-refractivity contribution is -0.123. The summed E-state index contributed by atoms with van der Waals surface area (Å²) in [5.41, 5.74) is 0.188. The number of para-hydroxylation sites is 1. The normalized spacial score (nSPS) is 11.6. The summed E-state index contributed by atoms with van der Waals surface area (Å²) in [6, 6.07) is 14.4. The van der Waals surface area contributed by atoms with Crippen LogP contribution in [0.25, 0.3) is 11.0 Å². The number of benzene rings is 2.